The maximum Gasteiger partial charge on any atom is 0.326 e. The lowest BCUT2D eigenvalue weighted by Gasteiger charge is -2.26. The Kier molecular flexibility index (Phi) is 23.7. The van der Waals surface area contributed by atoms with E-state index in [1.807, 2.05) is 0 Å². The molecule has 0 aliphatic rings. The summed E-state index contributed by atoms with van der Waals surface area (Å²) in [7, 11) is 0. The van der Waals surface area contributed by atoms with Gasteiger partial charge in [0.25, 0.3) is 0 Å². The fourth-order valence-corrected chi connectivity index (χ4v) is 7.77. The molecule has 2 aromatic heterocycles. The van der Waals surface area contributed by atoms with Crippen molar-refractivity contribution >= 4 is 92.9 Å². The number of carboxylic acid groups (broad SMARTS) is 3. The minimum atomic E-state index is -1.83. The molecule has 0 spiro atoms. The first kappa shape index (κ1) is 61.6. The van der Waals surface area contributed by atoms with E-state index in [9.17, 15) is 78.0 Å². The van der Waals surface area contributed by atoms with Gasteiger partial charge in [-0.15, -0.1) is 0 Å². The normalized spacial score (nSPS) is 13.8. The zero-order valence-electron chi connectivity index (χ0n) is 42.4. The fraction of sp³-hybridized carbons (Fsp3) is 0.429. The molecule has 0 radical (unpaired) electrons. The Morgan fingerprint density at radius 3 is 1.46 bits per heavy atom. The van der Waals surface area contributed by atoms with Crippen LogP contribution in [0, 0.1) is 5.92 Å². The summed E-state index contributed by atoms with van der Waals surface area (Å²) in [4.78, 5) is 159. The first-order chi connectivity index (χ1) is 37.0. The molecule has 29 nitrogen and oxygen atoms in total. The van der Waals surface area contributed by atoms with Crippen LogP contribution < -0.4 is 53.6 Å². The van der Waals surface area contributed by atoms with Crippen molar-refractivity contribution in [1.82, 2.24) is 57.8 Å². The van der Waals surface area contributed by atoms with E-state index in [-0.39, 0.29) is 25.2 Å². The third-order valence-corrected chi connectivity index (χ3v) is 11.8. The molecule has 78 heavy (non-hydrogen) atoms. The highest BCUT2D eigenvalue weighted by Gasteiger charge is 2.33. The molecule has 0 bridgehead atoms. The predicted molar refractivity (Wildman–Crippen MR) is 273 cm³/mol. The average molecular weight is 1090 g/mol. The zero-order valence-corrected chi connectivity index (χ0v) is 42.4. The summed E-state index contributed by atoms with van der Waals surface area (Å²) in [6.45, 7) is -0.963. The standard InChI is InChI=1S/C49H64N12O17/c1-24(2)13-33(59-46(74)34(14-25-17-51-30-9-5-3-7-27(25)30)56-39(65)20-53-38(64)19-54-43(71)29(50)16-42(69)70)45(73)61-37(23-63)48(76)58-32(11-12-41(67)68)44(72)55-21-40(66)57-36(22-62)47(75)60-35(49(77)78)15-26-18-52-31-10-6-4-8-28(26)31/h3-10,17-18,24,29,32-37,51-52,62-63H,11-16,19-23,50H2,1-2H3,(H,53,64)(H,54,71)(H,55,72)(H,56,65)(H,57,66)(H,58,76)(H,59,74)(H,60,75)(H,61,73)(H,67,68)(H,69,70)(H,77,78)/t29-,32-,33-,34-,35-,36-,37-/m0/s1. The van der Waals surface area contributed by atoms with Crippen LogP contribution in [0.2, 0.25) is 0 Å². The van der Waals surface area contributed by atoms with Crippen LogP contribution in [0.25, 0.3) is 21.8 Å². The lowest BCUT2D eigenvalue weighted by Crippen LogP contribution is -2.60. The van der Waals surface area contributed by atoms with Crippen molar-refractivity contribution < 1.29 is 83.1 Å². The number of aliphatic hydroxyl groups excluding tert-OH is 2. The van der Waals surface area contributed by atoms with Crippen molar-refractivity contribution in [2.75, 3.05) is 32.8 Å². The van der Waals surface area contributed by atoms with E-state index in [4.69, 9.17) is 10.8 Å². The van der Waals surface area contributed by atoms with Gasteiger partial charge in [-0.3, -0.25) is 52.7 Å². The molecule has 0 saturated heterocycles. The van der Waals surface area contributed by atoms with Gasteiger partial charge in [0.1, 0.15) is 36.3 Å². The summed E-state index contributed by atoms with van der Waals surface area (Å²) in [5, 5.41) is 70.3. The molecular weight excluding hydrogens is 1030 g/mol. The molecule has 18 N–H and O–H groups in total. The third-order valence-electron chi connectivity index (χ3n) is 11.8. The molecule has 4 rings (SSSR count). The number of aromatic nitrogens is 2. The van der Waals surface area contributed by atoms with Gasteiger partial charge in [0.05, 0.1) is 45.3 Å². The van der Waals surface area contributed by atoms with E-state index in [1.54, 1.807) is 74.8 Å². The van der Waals surface area contributed by atoms with Crippen molar-refractivity contribution in [3.8, 4) is 0 Å². The van der Waals surface area contributed by atoms with E-state index in [0.29, 0.717) is 27.4 Å². The number of carboxylic acids is 3. The van der Waals surface area contributed by atoms with Crippen LogP contribution in [0.5, 0.6) is 0 Å². The van der Waals surface area contributed by atoms with Crippen molar-refractivity contribution in [3.05, 3.63) is 72.1 Å². The lowest BCUT2D eigenvalue weighted by molar-refractivity contribution is -0.142. The van der Waals surface area contributed by atoms with Gasteiger partial charge in [-0.2, -0.15) is 0 Å². The highest BCUT2D eigenvalue weighted by molar-refractivity contribution is 5.98. The van der Waals surface area contributed by atoms with Crippen molar-refractivity contribution in [3.63, 3.8) is 0 Å². The number of fused-ring (bicyclic) bond motifs is 2. The Hall–Kier alpha value is -8.96. The molecule has 0 saturated carbocycles. The number of hydrogen-bond acceptors (Lipinski definition) is 15. The number of hydrogen-bond donors (Lipinski definition) is 17. The quantitative estimate of drug-likeness (QED) is 0.0219. The van der Waals surface area contributed by atoms with Crippen LogP contribution in [0.4, 0.5) is 0 Å². The maximum atomic E-state index is 14.1. The van der Waals surface area contributed by atoms with Crippen LogP contribution in [0.3, 0.4) is 0 Å². The van der Waals surface area contributed by atoms with Gasteiger partial charge in [0.2, 0.25) is 53.2 Å². The van der Waals surface area contributed by atoms with Crippen LogP contribution in [0.15, 0.2) is 60.9 Å². The Morgan fingerprint density at radius 2 is 0.936 bits per heavy atom. The summed E-state index contributed by atoms with van der Waals surface area (Å²) in [5.41, 5.74) is 8.02. The number of nitrogens with two attached hydrogens (primary N) is 1. The fourth-order valence-electron chi connectivity index (χ4n) is 7.77. The first-order valence-electron chi connectivity index (χ1n) is 24.4. The van der Waals surface area contributed by atoms with Crippen LogP contribution in [-0.2, 0) is 70.4 Å². The van der Waals surface area contributed by atoms with Gasteiger partial charge >= 0.3 is 17.9 Å². The number of benzene rings is 2. The number of nitrogens with one attached hydrogen (secondary N) is 11. The lowest BCUT2D eigenvalue weighted by atomic mass is 10.0. The number of carbonyl (C=O) groups is 12. The number of rotatable bonds is 32. The van der Waals surface area contributed by atoms with Crippen LogP contribution >= 0.6 is 0 Å². The Labute approximate surface area is 444 Å². The third kappa shape index (κ3) is 19.3. The second-order valence-electron chi connectivity index (χ2n) is 18.3. The number of amides is 9. The molecule has 2 aromatic carbocycles. The van der Waals surface area contributed by atoms with E-state index in [2.05, 4.69) is 57.8 Å². The summed E-state index contributed by atoms with van der Waals surface area (Å²) >= 11 is 0. The first-order valence-corrected chi connectivity index (χ1v) is 24.4. The largest absolute Gasteiger partial charge is 0.481 e. The van der Waals surface area contributed by atoms with E-state index < -0.39 is 165 Å². The highest BCUT2D eigenvalue weighted by Crippen LogP contribution is 2.21. The number of para-hydroxylation sites is 2. The Bertz CT molecular complexity index is 2830. The van der Waals surface area contributed by atoms with E-state index in [1.165, 1.54) is 0 Å². The smallest absolute Gasteiger partial charge is 0.326 e. The molecular formula is C49H64N12O17. The molecule has 29 heteroatoms. The van der Waals surface area contributed by atoms with Crippen LogP contribution in [-0.4, -0.2) is 182 Å². The van der Waals surface area contributed by atoms with Gasteiger partial charge in [-0.25, -0.2) is 4.79 Å². The highest BCUT2D eigenvalue weighted by atomic mass is 16.4. The van der Waals surface area contributed by atoms with Gasteiger partial charge in [-0.05, 0) is 42.0 Å². The second kappa shape index (κ2) is 30.0. The molecule has 4 aromatic rings. The molecule has 0 fully saturated rings. The Balaban J connectivity index is 1.40. The number of H-pyrrole nitrogens is 2. The Morgan fingerprint density at radius 1 is 0.500 bits per heavy atom. The second-order valence-corrected chi connectivity index (χ2v) is 18.3. The average Bonchev–Trinajstić information content (AvgIpc) is 4.00. The number of aliphatic carboxylic acids is 3. The molecule has 0 aliphatic heterocycles. The summed E-state index contributed by atoms with van der Waals surface area (Å²) < 4.78 is 0. The van der Waals surface area contributed by atoms with Gasteiger partial charge in [0.15, 0.2) is 0 Å². The van der Waals surface area contributed by atoms with E-state index >= 15 is 0 Å². The summed E-state index contributed by atoms with van der Waals surface area (Å²) in [5.74, 6) is -13.6. The molecule has 7 atom stereocenters. The molecule has 9 amide bonds. The number of aromatic amines is 2. The monoisotopic (exact) mass is 1090 g/mol. The topological polar surface area (TPSA) is 472 Å². The SMILES string of the molecule is CC(C)C[C@H](NC(=O)[C@H](Cc1c[nH]c2ccccc12)NC(=O)CNC(=O)CNC(=O)[C@@H](N)CC(=O)O)C(=O)N[C@@H](CO)C(=O)N[C@@H](CCC(=O)O)C(=O)NCC(=O)N[C@@H](CO)C(=O)N[C@@H](Cc1c[nH]c2ccccc12)C(=O)O. The van der Waals surface area contributed by atoms with Crippen molar-refractivity contribution in [2.45, 2.75) is 94.7 Å². The van der Waals surface area contributed by atoms with Crippen molar-refractivity contribution in [1.29, 1.82) is 0 Å². The molecule has 0 aliphatic carbocycles. The molecule has 0 unspecified atom stereocenters. The van der Waals surface area contributed by atoms with E-state index in [0.717, 1.165) is 5.52 Å². The van der Waals surface area contributed by atoms with Crippen LogP contribution in [0.1, 0.15) is 50.7 Å². The van der Waals surface area contributed by atoms with Crippen molar-refractivity contribution in [2.24, 2.45) is 11.7 Å². The molecule has 2 heterocycles. The minimum Gasteiger partial charge on any atom is -0.481 e. The maximum absolute atomic E-state index is 14.1. The van der Waals surface area contributed by atoms with Gasteiger partial charge < -0.3 is 89.1 Å². The minimum absolute atomic E-state index is 0.0708. The molecule has 422 valence electrons. The predicted octanol–water partition coefficient (Wildman–Crippen LogP) is -4.53. The zero-order chi connectivity index (χ0) is 57.6. The number of carbonyl (C=O) groups excluding carboxylic acids is 9. The summed E-state index contributed by atoms with van der Waals surface area (Å²) in [6, 6.07) is 3.01. The number of aliphatic hydroxyl groups is 2. The summed E-state index contributed by atoms with van der Waals surface area (Å²) in [6.07, 6.45) is 0.793. The van der Waals surface area contributed by atoms with Gasteiger partial charge in [-0.1, -0.05) is 50.2 Å². The van der Waals surface area contributed by atoms with Gasteiger partial charge in [0, 0.05) is 53.5 Å².